The molecule has 1 saturated heterocycles. The van der Waals surface area contributed by atoms with E-state index < -0.39 is 23.2 Å². The first-order valence-electron chi connectivity index (χ1n) is 16.8. The Balaban J connectivity index is 1.23. The highest BCUT2D eigenvalue weighted by Gasteiger charge is 2.49. The van der Waals surface area contributed by atoms with Gasteiger partial charge < -0.3 is 9.88 Å². The number of pyridine rings is 1. The molecular weight excluding hydrogens is 643 g/mol. The van der Waals surface area contributed by atoms with Crippen molar-refractivity contribution in [2.24, 2.45) is 12.5 Å². The van der Waals surface area contributed by atoms with Crippen LogP contribution in [-0.4, -0.2) is 49.2 Å². The van der Waals surface area contributed by atoms with Crippen LogP contribution in [0.15, 0.2) is 48.8 Å². The Hall–Kier alpha value is -5.27. The fourth-order valence-electron chi connectivity index (χ4n) is 7.57. The number of nitrogens with zero attached hydrogens (tertiary/aromatic N) is 8. The predicted octanol–water partition coefficient (Wildman–Crippen LogP) is 7.00. The monoisotopic (exact) mass is 677 g/mol. The minimum atomic E-state index is -4.67. The number of carbonyl (C=O) groups is 1. The highest BCUT2D eigenvalue weighted by Crippen LogP contribution is 2.54. The van der Waals surface area contributed by atoms with Gasteiger partial charge in [0, 0.05) is 30.8 Å². The molecule has 3 fully saturated rings. The molecule has 2 aromatic heterocycles. The minimum absolute atomic E-state index is 0.0260. The van der Waals surface area contributed by atoms with Crippen molar-refractivity contribution in [2.45, 2.75) is 69.8 Å². The molecule has 254 valence electrons. The fraction of sp³-hybridized carbons (Fsp3) is 0.405. The van der Waals surface area contributed by atoms with Crippen LogP contribution in [0.1, 0.15) is 84.1 Å². The van der Waals surface area contributed by atoms with E-state index in [1.165, 1.54) is 11.0 Å². The van der Waals surface area contributed by atoms with Gasteiger partial charge in [0.2, 0.25) is 0 Å². The number of carbonyl (C=O) groups excluding carboxylic acids is 1. The first-order chi connectivity index (χ1) is 23.9. The number of amides is 1. The van der Waals surface area contributed by atoms with Crippen molar-refractivity contribution >= 4 is 17.5 Å². The number of likely N-dealkylation sites (tertiary alicyclic amines) is 1. The summed E-state index contributed by atoms with van der Waals surface area (Å²) in [6.45, 7) is 3.29. The van der Waals surface area contributed by atoms with Gasteiger partial charge in [0.05, 0.1) is 41.8 Å². The van der Waals surface area contributed by atoms with Crippen LogP contribution in [0.25, 0.3) is 22.5 Å². The Bertz CT molecular complexity index is 2130. The average Bonchev–Trinajstić information content (AvgIpc) is 3.88. The van der Waals surface area contributed by atoms with Crippen LogP contribution in [0.4, 0.5) is 24.8 Å². The molecule has 1 amide bonds. The Morgan fingerprint density at radius 3 is 2.46 bits per heavy atom. The van der Waals surface area contributed by atoms with Crippen LogP contribution in [0.2, 0.25) is 0 Å². The number of benzene rings is 2. The Kier molecular flexibility index (Phi) is 7.28. The van der Waals surface area contributed by atoms with Gasteiger partial charge in [-0.15, -0.1) is 10.2 Å². The van der Waals surface area contributed by atoms with Crippen molar-refractivity contribution in [1.29, 1.82) is 10.5 Å². The average molecular weight is 678 g/mol. The van der Waals surface area contributed by atoms with E-state index in [0.29, 0.717) is 44.9 Å². The number of anilines is 2. The van der Waals surface area contributed by atoms with Gasteiger partial charge in [0.15, 0.2) is 5.82 Å². The third kappa shape index (κ3) is 5.56. The molecular formula is C37H34F3N9O. The summed E-state index contributed by atoms with van der Waals surface area (Å²) in [5.41, 5.74) is 1.65. The second-order valence-electron chi connectivity index (χ2n) is 14.4. The van der Waals surface area contributed by atoms with Crippen molar-refractivity contribution in [2.75, 3.05) is 23.3 Å². The maximum atomic E-state index is 14.7. The second-order valence-corrected chi connectivity index (χ2v) is 14.4. The molecule has 13 heteroatoms. The van der Waals surface area contributed by atoms with Crippen LogP contribution >= 0.6 is 0 Å². The van der Waals surface area contributed by atoms with Gasteiger partial charge in [0.1, 0.15) is 18.0 Å². The molecule has 1 spiro atoms. The number of hydrogen-bond donors (Lipinski definition) is 1. The summed E-state index contributed by atoms with van der Waals surface area (Å²) in [4.78, 5) is 22.5. The van der Waals surface area contributed by atoms with Crippen molar-refractivity contribution in [3.8, 4) is 34.7 Å². The lowest BCUT2D eigenvalue weighted by Gasteiger charge is -2.26. The second kappa shape index (κ2) is 11.4. The highest BCUT2D eigenvalue weighted by molar-refractivity contribution is 6.10. The van der Waals surface area contributed by atoms with Crippen LogP contribution < -0.4 is 10.2 Å². The first kappa shape index (κ1) is 32.0. The zero-order valence-corrected chi connectivity index (χ0v) is 27.7. The van der Waals surface area contributed by atoms with E-state index in [0.717, 1.165) is 45.2 Å². The van der Waals surface area contributed by atoms with Gasteiger partial charge in [-0.2, -0.15) is 23.7 Å². The molecule has 1 atom stereocenters. The van der Waals surface area contributed by atoms with Gasteiger partial charge in [-0.05, 0) is 116 Å². The van der Waals surface area contributed by atoms with Crippen molar-refractivity contribution in [1.82, 2.24) is 24.6 Å². The zero-order valence-electron chi connectivity index (χ0n) is 27.7. The lowest BCUT2D eigenvalue weighted by atomic mass is 9.95. The molecule has 2 aliphatic heterocycles. The number of nitrogens with one attached hydrogen (secondary N) is 1. The molecule has 2 aromatic carbocycles. The summed E-state index contributed by atoms with van der Waals surface area (Å²) in [5, 5.41) is 30.9. The molecule has 10 nitrogen and oxygen atoms in total. The maximum absolute atomic E-state index is 14.7. The Morgan fingerprint density at radius 1 is 1.02 bits per heavy atom. The lowest BCUT2D eigenvalue weighted by Crippen LogP contribution is -2.26. The summed E-state index contributed by atoms with van der Waals surface area (Å²) in [7, 11) is 1.79. The summed E-state index contributed by atoms with van der Waals surface area (Å²) in [5.74, 6) is 0.497. The molecule has 8 rings (SSSR count). The zero-order chi connectivity index (χ0) is 35.0. The van der Waals surface area contributed by atoms with Crippen LogP contribution in [0.3, 0.4) is 0 Å². The first-order valence-corrected chi connectivity index (χ1v) is 16.8. The highest BCUT2D eigenvalue weighted by atomic mass is 19.4. The van der Waals surface area contributed by atoms with Gasteiger partial charge in [0.25, 0.3) is 5.91 Å². The fourth-order valence-corrected chi connectivity index (χ4v) is 7.57. The number of alkyl halides is 3. The predicted molar refractivity (Wildman–Crippen MR) is 178 cm³/mol. The van der Waals surface area contributed by atoms with Gasteiger partial charge in [-0.1, -0.05) is 0 Å². The summed E-state index contributed by atoms with van der Waals surface area (Å²) < 4.78 is 45.9. The Morgan fingerprint density at radius 2 is 1.82 bits per heavy atom. The van der Waals surface area contributed by atoms with E-state index in [2.05, 4.69) is 32.6 Å². The van der Waals surface area contributed by atoms with E-state index in [9.17, 15) is 28.5 Å². The van der Waals surface area contributed by atoms with E-state index in [4.69, 9.17) is 4.98 Å². The minimum Gasteiger partial charge on any atom is -0.364 e. The molecule has 2 saturated carbocycles. The molecule has 4 heterocycles. The van der Waals surface area contributed by atoms with Gasteiger partial charge in [-0.25, -0.2) is 4.98 Å². The van der Waals surface area contributed by atoms with E-state index in [-0.39, 0.29) is 36.0 Å². The number of halogens is 3. The number of aryl methyl sites for hydroxylation is 1. The molecule has 0 bridgehead atoms. The third-order valence-corrected chi connectivity index (χ3v) is 11.0. The Labute approximate surface area is 287 Å². The van der Waals surface area contributed by atoms with E-state index >= 15 is 0 Å². The summed E-state index contributed by atoms with van der Waals surface area (Å²) in [6, 6.07) is 15.5. The number of rotatable bonds is 8. The smallest absolute Gasteiger partial charge is 0.364 e. The van der Waals surface area contributed by atoms with Gasteiger partial charge in [-0.3, -0.25) is 14.6 Å². The summed E-state index contributed by atoms with van der Waals surface area (Å²) in [6.07, 6.45) is 1.99. The number of hydrogen-bond acceptors (Lipinski definition) is 8. The molecule has 4 aliphatic rings. The van der Waals surface area contributed by atoms with Gasteiger partial charge >= 0.3 is 6.18 Å². The van der Waals surface area contributed by atoms with E-state index in [1.807, 2.05) is 6.92 Å². The molecule has 2 aliphatic carbocycles. The lowest BCUT2D eigenvalue weighted by molar-refractivity contribution is -0.138. The molecule has 0 radical (unpaired) electrons. The van der Waals surface area contributed by atoms with Crippen LogP contribution in [0, 0.1) is 28.1 Å². The van der Waals surface area contributed by atoms with E-state index in [1.54, 1.807) is 54.3 Å². The largest absolute Gasteiger partial charge is 0.416 e. The molecule has 1 N–H and O–H groups in total. The standard InChI is InChI=1S/C37H34F3N9O/c1-22(48-12-10-35(20-48)5-6-35)24-14-28-29(30(15-24)37(38,39)40)19-49(34(28)50)32-17-25(16-31(44-32)45-36(7-8-36)9-11-41)27-13-23(18-42)3-4-26(27)33-46-43-21-47(33)2/h3-4,13-17,21-22H,5-10,12,19-20H2,1-2H3,(H,44,45). The van der Waals surface area contributed by atoms with Crippen LogP contribution in [0.5, 0.6) is 0 Å². The van der Waals surface area contributed by atoms with Crippen LogP contribution in [-0.2, 0) is 19.8 Å². The molecule has 1 unspecified atom stereocenters. The number of nitriles is 2. The molecule has 4 aromatic rings. The van der Waals surface area contributed by atoms with Crippen molar-refractivity contribution in [3.63, 3.8) is 0 Å². The maximum Gasteiger partial charge on any atom is 0.416 e. The normalized spacial score (nSPS) is 19.3. The molecule has 50 heavy (non-hydrogen) atoms. The number of fused-ring (bicyclic) bond motifs is 1. The number of aromatic nitrogens is 4. The third-order valence-electron chi connectivity index (χ3n) is 11.0. The summed E-state index contributed by atoms with van der Waals surface area (Å²) >= 11 is 0. The van der Waals surface area contributed by atoms with Crippen molar-refractivity contribution < 1.29 is 18.0 Å². The SMILES string of the molecule is CC(c1cc2c(c(C(F)(F)F)c1)CN(c1cc(-c3cc(C#N)ccc3-c3nncn3C)cc(NC3(CC#N)CC3)n1)C2=O)N1CCC2(CC2)C1. The van der Waals surface area contributed by atoms with Crippen molar-refractivity contribution in [3.05, 3.63) is 76.6 Å². The topological polar surface area (TPSA) is 127 Å². The quantitative estimate of drug-likeness (QED) is 0.211.